The molecule has 1 aromatic heterocycles. The molecule has 1 saturated carbocycles. The van der Waals surface area contributed by atoms with Crippen LogP contribution >= 0.6 is 11.3 Å². The Morgan fingerprint density at radius 1 is 1.29 bits per heavy atom. The van der Waals surface area contributed by atoms with E-state index in [9.17, 15) is 0 Å². The Kier molecular flexibility index (Phi) is 6.27. The molecule has 2 unspecified atom stereocenters. The summed E-state index contributed by atoms with van der Waals surface area (Å²) in [5.74, 6) is 0.757. The number of nitrogens with two attached hydrogens (primary N) is 1. The maximum atomic E-state index is 6.44. The Labute approximate surface area is 134 Å². The van der Waals surface area contributed by atoms with E-state index >= 15 is 0 Å². The second-order valence-corrected chi connectivity index (χ2v) is 8.08. The molecule has 0 amide bonds. The highest BCUT2D eigenvalue weighted by Crippen LogP contribution is 2.36. The van der Waals surface area contributed by atoms with Gasteiger partial charge >= 0.3 is 0 Å². The summed E-state index contributed by atoms with van der Waals surface area (Å²) >= 11 is 1.89. The van der Waals surface area contributed by atoms with Crippen molar-refractivity contribution in [3.05, 3.63) is 21.9 Å². The molecular weight excluding hydrogens is 276 g/mol. The number of aryl methyl sites for hydroxylation is 1. The summed E-state index contributed by atoms with van der Waals surface area (Å²) < 4.78 is 0. The molecule has 0 radical (unpaired) electrons. The number of thiophene rings is 1. The van der Waals surface area contributed by atoms with Gasteiger partial charge in [0.1, 0.15) is 0 Å². The van der Waals surface area contributed by atoms with E-state index in [0.717, 1.165) is 12.0 Å². The zero-order chi connectivity index (χ0) is 15.4. The van der Waals surface area contributed by atoms with E-state index in [1.807, 2.05) is 11.3 Å². The van der Waals surface area contributed by atoms with Crippen LogP contribution in [0.3, 0.4) is 0 Å². The third-order valence-electron chi connectivity index (χ3n) is 4.78. The van der Waals surface area contributed by atoms with Gasteiger partial charge in [-0.05, 0) is 62.6 Å². The van der Waals surface area contributed by atoms with Crippen molar-refractivity contribution in [1.82, 2.24) is 4.90 Å². The van der Waals surface area contributed by atoms with Crippen LogP contribution in [0.15, 0.2) is 11.4 Å². The second kappa shape index (κ2) is 7.75. The first-order chi connectivity index (χ1) is 10.0. The molecule has 0 spiro atoms. The molecule has 2 nitrogen and oxygen atoms in total. The maximum Gasteiger partial charge on any atom is 0.0595 e. The van der Waals surface area contributed by atoms with Crippen molar-refractivity contribution in [3.8, 4) is 0 Å². The standard InChI is InChI=1S/C18H32N2S/c1-13(2)9-11-20(16-7-5-6-8-16)17(15(4)19)18-14(3)10-12-21-18/h10,12-13,15-17H,5-9,11,19H2,1-4H3. The van der Waals surface area contributed by atoms with Gasteiger partial charge in [0, 0.05) is 17.0 Å². The van der Waals surface area contributed by atoms with Crippen molar-refractivity contribution in [2.75, 3.05) is 6.54 Å². The minimum atomic E-state index is 0.190. The van der Waals surface area contributed by atoms with Crippen molar-refractivity contribution in [3.63, 3.8) is 0 Å². The molecule has 2 rings (SSSR count). The van der Waals surface area contributed by atoms with E-state index in [1.54, 1.807) is 0 Å². The van der Waals surface area contributed by atoms with Crippen LogP contribution in [-0.4, -0.2) is 23.5 Å². The summed E-state index contributed by atoms with van der Waals surface area (Å²) in [5, 5.41) is 2.22. The van der Waals surface area contributed by atoms with Crippen LogP contribution in [0.2, 0.25) is 0 Å². The molecule has 120 valence electrons. The van der Waals surface area contributed by atoms with E-state index in [4.69, 9.17) is 5.73 Å². The Hall–Kier alpha value is -0.380. The second-order valence-electron chi connectivity index (χ2n) is 7.13. The van der Waals surface area contributed by atoms with Gasteiger partial charge in [-0.2, -0.15) is 0 Å². The SMILES string of the molecule is Cc1ccsc1C(C(C)N)N(CCC(C)C)C1CCCC1. The minimum Gasteiger partial charge on any atom is -0.326 e. The predicted molar refractivity (Wildman–Crippen MR) is 93.9 cm³/mol. The fraction of sp³-hybridized carbons (Fsp3) is 0.778. The summed E-state index contributed by atoms with van der Waals surface area (Å²) in [6, 6.07) is 3.56. The Morgan fingerprint density at radius 2 is 1.95 bits per heavy atom. The number of hydrogen-bond donors (Lipinski definition) is 1. The molecule has 3 heteroatoms. The fourth-order valence-electron chi connectivity index (χ4n) is 3.57. The van der Waals surface area contributed by atoms with E-state index in [-0.39, 0.29) is 6.04 Å². The number of rotatable bonds is 7. The van der Waals surface area contributed by atoms with Gasteiger partial charge in [0.15, 0.2) is 0 Å². The van der Waals surface area contributed by atoms with Gasteiger partial charge in [-0.25, -0.2) is 0 Å². The van der Waals surface area contributed by atoms with Gasteiger partial charge in [-0.3, -0.25) is 4.90 Å². The third-order valence-corrected chi connectivity index (χ3v) is 5.87. The highest BCUT2D eigenvalue weighted by molar-refractivity contribution is 7.10. The summed E-state index contributed by atoms with van der Waals surface area (Å²) in [6.07, 6.45) is 6.75. The third kappa shape index (κ3) is 4.30. The van der Waals surface area contributed by atoms with Crippen molar-refractivity contribution < 1.29 is 0 Å². The van der Waals surface area contributed by atoms with Crippen LogP contribution in [0.5, 0.6) is 0 Å². The van der Waals surface area contributed by atoms with Crippen molar-refractivity contribution in [2.24, 2.45) is 11.7 Å². The molecule has 21 heavy (non-hydrogen) atoms. The summed E-state index contributed by atoms with van der Waals surface area (Å²) in [4.78, 5) is 4.23. The van der Waals surface area contributed by atoms with Gasteiger partial charge in [0.05, 0.1) is 6.04 Å². The zero-order valence-electron chi connectivity index (χ0n) is 14.1. The first-order valence-electron chi connectivity index (χ1n) is 8.56. The van der Waals surface area contributed by atoms with Gasteiger partial charge < -0.3 is 5.73 Å². The fourth-order valence-corrected chi connectivity index (χ4v) is 4.73. The molecule has 2 atom stereocenters. The quantitative estimate of drug-likeness (QED) is 0.788. The van der Waals surface area contributed by atoms with Crippen molar-refractivity contribution in [1.29, 1.82) is 0 Å². The average Bonchev–Trinajstić information content (AvgIpc) is 3.05. The zero-order valence-corrected chi connectivity index (χ0v) is 15.0. The smallest absolute Gasteiger partial charge is 0.0595 e. The molecular formula is C18H32N2S. The molecule has 0 saturated heterocycles. The molecule has 1 aliphatic rings. The van der Waals surface area contributed by atoms with Gasteiger partial charge in [0.2, 0.25) is 0 Å². The lowest BCUT2D eigenvalue weighted by Gasteiger charge is -2.39. The molecule has 0 bridgehead atoms. The number of nitrogens with zero attached hydrogens (tertiary/aromatic N) is 1. The van der Waals surface area contributed by atoms with Crippen molar-refractivity contribution >= 4 is 11.3 Å². The van der Waals surface area contributed by atoms with E-state index in [2.05, 4.69) is 44.0 Å². The van der Waals surface area contributed by atoms with E-state index in [0.29, 0.717) is 6.04 Å². The lowest BCUT2D eigenvalue weighted by atomic mass is 9.99. The summed E-state index contributed by atoms with van der Waals surface area (Å²) in [5.41, 5.74) is 7.85. The molecule has 2 N–H and O–H groups in total. The number of hydrogen-bond acceptors (Lipinski definition) is 3. The normalized spacial score (nSPS) is 19.6. The maximum absolute atomic E-state index is 6.44. The van der Waals surface area contributed by atoms with Gasteiger partial charge in [0.25, 0.3) is 0 Å². The topological polar surface area (TPSA) is 29.3 Å². The first kappa shape index (κ1) is 17.0. The Balaban J connectivity index is 2.23. The highest BCUT2D eigenvalue weighted by Gasteiger charge is 2.32. The summed E-state index contributed by atoms with van der Waals surface area (Å²) in [7, 11) is 0. The first-order valence-corrected chi connectivity index (χ1v) is 9.44. The monoisotopic (exact) mass is 308 g/mol. The highest BCUT2D eigenvalue weighted by atomic mass is 32.1. The van der Waals surface area contributed by atoms with E-state index < -0.39 is 0 Å². The minimum absolute atomic E-state index is 0.190. The predicted octanol–water partition coefficient (Wildman–Crippen LogP) is 4.74. The largest absolute Gasteiger partial charge is 0.326 e. The molecule has 1 heterocycles. The molecule has 1 fully saturated rings. The van der Waals surface area contributed by atoms with Crippen LogP contribution in [0.4, 0.5) is 0 Å². The van der Waals surface area contributed by atoms with Crippen LogP contribution < -0.4 is 5.73 Å². The Bertz CT molecular complexity index is 419. The average molecular weight is 309 g/mol. The van der Waals surface area contributed by atoms with Gasteiger partial charge in [-0.15, -0.1) is 11.3 Å². The van der Waals surface area contributed by atoms with Crippen LogP contribution in [0.1, 0.15) is 69.4 Å². The van der Waals surface area contributed by atoms with Gasteiger partial charge in [-0.1, -0.05) is 26.7 Å². The Morgan fingerprint density at radius 3 is 2.43 bits per heavy atom. The molecule has 0 aromatic carbocycles. The van der Waals surface area contributed by atoms with Crippen molar-refractivity contribution in [2.45, 2.75) is 77.9 Å². The molecule has 1 aliphatic carbocycles. The van der Waals surface area contributed by atoms with Crippen LogP contribution in [0, 0.1) is 12.8 Å². The van der Waals surface area contributed by atoms with E-state index in [1.165, 1.54) is 49.1 Å². The lowest BCUT2D eigenvalue weighted by molar-refractivity contribution is 0.114. The van der Waals surface area contributed by atoms with Crippen LogP contribution in [0.25, 0.3) is 0 Å². The summed E-state index contributed by atoms with van der Waals surface area (Å²) in [6.45, 7) is 10.2. The lowest BCUT2D eigenvalue weighted by Crippen LogP contribution is -2.45. The van der Waals surface area contributed by atoms with Crippen LogP contribution in [-0.2, 0) is 0 Å². The molecule has 0 aliphatic heterocycles. The molecule has 1 aromatic rings.